The standard InChI is InChI=1S/C21H21F3O3S/c22-14-7-8-19(27-15-4-1-2-5-15)16(12-14)13-10-17(23)21(18(24)11-13)28-9-3-6-20(25)26/h7-8,10-12,15H,1-6,9H2,(H,25,26). The van der Waals surface area contributed by atoms with Crippen LogP contribution >= 0.6 is 11.8 Å². The summed E-state index contributed by atoms with van der Waals surface area (Å²) < 4.78 is 48.8. The van der Waals surface area contributed by atoms with Crippen LogP contribution in [0.15, 0.2) is 35.2 Å². The van der Waals surface area contributed by atoms with Crippen LogP contribution < -0.4 is 4.74 Å². The first-order chi connectivity index (χ1) is 13.4. The molecule has 2 aromatic rings. The number of carboxylic acid groups (broad SMARTS) is 1. The summed E-state index contributed by atoms with van der Waals surface area (Å²) >= 11 is 0.934. The van der Waals surface area contributed by atoms with E-state index in [1.807, 2.05) is 0 Å². The van der Waals surface area contributed by atoms with Crippen LogP contribution in [0.5, 0.6) is 5.75 Å². The number of ether oxygens (including phenoxy) is 1. The van der Waals surface area contributed by atoms with Gasteiger partial charge in [-0.25, -0.2) is 13.2 Å². The maximum absolute atomic E-state index is 14.5. The van der Waals surface area contributed by atoms with Gasteiger partial charge in [0.15, 0.2) is 0 Å². The van der Waals surface area contributed by atoms with Gasteiger partial charge in [0, 0.05) is 12.0 Å². The maximum Gasteiger partial charge on any atom is 0.303 e. The van der Waals surface area contributed by atoms with Gasteiger partial charge in [-0.05, 0) is 73.8 Å². The molecule has 150 valence electrons. The first kappa shape index (κ1) is 20.6. The summed E-state index contributed by atoms with van der Waals surface area (Å²) in [5, 5.41) is 8.63. The van der Waals surface area contributed by atoms with Crippen LogP contribution in [-0.2, 0) is 4.79 Å². The quantitative estimate of drug-likeness (QED) is 0.425. The molecule has 0 aromatic heterocycles. The molecule has 3 nitrogen and oxygen atoms in total. The third-order valence-corrected chi connectivity index (χ3v) is 5.80. The summed E-state index contributed by atoms with van der Waals surface area (Å²) in [5.74, 6) is -2.28. The van der Waals surface area contributed by atoms with Gasteiger partial charge in [-0.15, -0.1) is 11.8 Å². The van der Waals surface area contributed by atoms with Crippen molar-refractivity contribution in [3.8, 4) is 16.9 Å². The highest BCUT2D eigenvalue weighted by Crippen LogP contribution is 2.37. The van der Waals surface area contributed by atoms with E-state index < -0.39 is 23.4 Å². The first-order valence-corrected chi connectivity index (χ1v) is 10.2. The fourth-order valence-electron chi connectivity index (χ4n) is 3.27. The van der Waals surface area contributed by atoms with Crippen molar-refractivity contribution in [1.82, 2.24) is 0 Å². The van der Waals surface area contributed by atoms with E-state index in [0.717, 1.165) is 37.4 Å². The molecule has 0 spiro atoms. The Balaban J connectivity index is 1.83. The van der Waals surface area contributed by atoms with Crippen molar-refractivity contribution < 1.29 is 27.8 Å². The SMILES string of the molecule is O=C(O)CCCSc1c(F)cc(-c2cc(F)ccc2OC2CCCC2)cc1F. The topological polar surface area (TPSA) is 46.5 Å². The molecule has 0 radical (unpaired) electrons. The second kappa shape index (κ2) is 9.37. The molecule has 0 saturated heterocycles. The zero-order valence-corrected chi connectivity index (χ0v) is 16.0. The molecule has 0 aliphatic heterocycles. The summed E-state index contributed by atoms with van der Waals surface area (Å²) in [6.45, 7) is 0. The molecule has 3 rings (SSSR count). The van der Waals surface area contributed by atoms with E-state index in [-0.39, 0.29) is 28.7 Å². The molecule has 0 unspecified atom stereocenters. The van der Waals surface area contributed by atoms with E-state index in [1.54, 1.807) is 0 Å². The van der Waals surface area contributed by atoms with Gasteiger partial charge in [-0.1, -0.05) is 0 Å². The lowest BCUT2D eigenvalue weighted by Gasteiger charge is -2.17. The normalized spacial score (nSPS) is 14.4. The number of aliphatic carboxylic acids is 1. The molecule has 0 amide bonds. The fourth-order valence-corrected chi connectivity index (χ4v) is 4.15. The van der Waals surface area contributed by atoms with Crippen molar-refractivity contribution in [2.24, 2.45) is 0 Å². The number of halogens is 3. The fraction of sp³-hybridized carbons (Fsp3) is 0.381. The van der Waals surface area contributed by atoms with Crippen molar-refractivity contribution in [2.75, 3.05) is 5.75 Å². The molecule has 0 bridgehead atoms. The lowest BCUT2D eigenvalue weighted by Crippen LogP contribution is -2.11. The average molecular weight is 410 g/mol. The number of carbonyl (C=O) groups is 1. The van der Waals surface area contributed by atoms with Gasteiger partial charge in [0.25, 0.3) is 0 Å². The van der Waals surface area contributed by atoms with E-state index in [0.29, 0.717) is 17.7 Å². The summed E-state index contributed by atoms with van der Waals surface area (Å²) in [4.78, 5) is 10.4. The van der Waals surface area contributed by atoms with E-state index in [9.17, 15) is 18.0 Å². The molecule has 7 heteroatoms. The Morgan fingerprint density at radius 2 is 1.79 bits per heavy atom. The Hall–Kier alpha value is -2.15. The van der Waals surface area contributed by atoms with Crippen molar-refractivity contribution >= 4 is 17.7 Å². The third-order valence-electron chi connectivity index (χ3n) is 4.63. The summed E-state index contributed by atoms with van der Waals surface area (Å²) in [6, 6.07) is 6.32. The van der Waals surface area contributed by atoms with Crippen molar-refractivity contribution in [1.29, 1.82) is 0 Å². The van der Waals surface area contributed by atoms with E-state index in [2.05, 4.69) is 0 Å². The molecule has 1 fully saturated rings. The summed E-state index contributed by atoms with van der Waals surface area (Å²) in [7, 11) is 0. The second-order valence-corrected chi connectivity index (χ2v) is 7.88. The number of carboxylic acids is 1. The smallest absolute Gasteiger partial charge is 0.303 e. The highest BCUT2D eigenvalue weighted by molar-refractivity contribution is 7.99. The molecule has 1 N–H and O–H groups in total. The van der Waals surface area contributed by atoms with Crippen LogP contribution in [0.2, 0.25) is 0 Å². The lowest BCUT2D eigenvalue weighted by atomic mass is 10.0. The highest BCUT2D eigenvalue weighted by atomic mass is 32.2. The van der Waals surface area contributed by atoms with Crippen molar-refractivity contribution in [3.05, 3.63) is 47.8 Å². The Morgan fingerprint density at radius 3 is 2.43 bits per heavy atom. The number of hydrogen-bond donors (Lipinski definition) is 1. The van der Waals surface area contributed by atoms with Crippen LogP contribution in [0.4, 0.5) is 13.2 Å². The van der Waals surface area contributed by atoms with Crippen LogP contribution in [0, 0.1) is 17.5 Å². The van der Waals surface area contributed by atoms with Crippen LogP contribution in [0.3, 0.4) is 0 Å². The largest absolute Gasteiger partial charge is 0.490 e. The lowest BCUT2D eigenvalue weighted by molar-refractivity contribution is -0.137. The number of thioether (sulfide) groups is 1. The minimum Gasteiger partial charge on any atom is -0.490 e. The van der Waals surface area contributed by atoms with Crippen LogP contribution in [0.25, 0.3) is 11.1 Å². The zero-order chi connectivity index (χ0) is 20.1. The minimum absolute atomic E-state index is 0.0305. The molecule has 1 aliphatic carbocycles. The highest BCUT2D eigenvalue weighted by Gasteiger charge is 2.20. The number of benzene rings is 2. The van der Waals surface area contributed by atoms with Crippen LogP contribution in [0.1, 0.15) is 38.5 Å². The van der Waals surface area contributed by atoms with Crippen LogP contribution in [-0.4, -0.2) is 22.9 Å². The predicted octanol–water partition coefficient (Wildman–Crippen LogP) is 6.05. The molecule has 28 heavy (non-hydrogen) atoms. The molecular formula is C21H21F3O3S. The van der Waals surface area contributed by atoms with Crippen molar-refractivity contribution in [3.63, 3.8) is 0 Å². The molecule has 2 aromatic carbocycles. The van der Waals surface area contributed by atoms with E-state index in [4.69, 9.17) is 9.84 Å². The van der Waals surface area contributed by atoms with Gasteiger partial charge in [0.05, 0.1) is 11.0 Å². The zero-order valence-electron chi connectivity index (χ0n) is 15.2. The Labute approximate surface area is 165 Å². The van der Waals surface area contributed by atoms with E-state index >= 15 is 0 Å². The van der Waals surface area contributed by atoms with Gasteiger partial charge < -0.3 is 9.84 Å². The summed E-state index contributed by atoms with van der Waals surface area (Å²) in [6.07, 6.45) is 4.24. The summed E-state index contributed by atoms with van der Waals surface area (Å²) in [5.41, 5.74) is 0.518. The Bertz CT molecular complexity index is 828. The number of hydrogen-bond acceptors (Lipinski definition) is 3. The molecule has 0 heterocycles. The molecule has 1 saturated carbocycles. The van der Waals surface area contributed by atoms with Gasteiger partial charge >= 0.3 is 5.97 Å². The molecular weight excluding hydrogens is 389 g/mol. The van der Waals surface area contributed by atoms with Gasteiger partial charge in [0.2, 0.25) is 0 Å². The third kappa shape index (κ3) is 5.22. The molecule has 0 atom stereocenters. The van der Waals surface area contributed by atoms with Crippen molar-refractivity contribution in [2.45, 2.75) is 49.5 Å². The average Bonchev–Trinajstić information content (AvgIpc) is 3.14. The minimum atomic E-state index is -0.946. The van der Waals surface area contributed by atoms with Gasteiger partial charge in [0.1, 0.15) is 23.2 Å². The second-order valence-electron chi connectivity index (χ2n) is 6.78. The molecule has 1 aliphatic rings. The maximum atomic E-state index is 14.5. The monoisotopic (exact) mass is 410 g/mol. The predicted molar refractivity (Wildman–Crippen MR) is 102 cm³/mol. The first-order valence-electron chi connectivity index (χ1n) is 9.24. The van der Waals surface area contributed by atoms with E-state index in [1.165, 1.54) is 30.3 Å². The van der Waals surface area contributed by atoms with Gasteiger partial charge in [-0.3, -0.25) is 4.79 Å². The Morgan fingerprint density at radius 1 is 1.11 bits per heavy atom. The van der Waals surface area contributed by atoms with Gasteiger partial charge in [-0.2, -0.15) is 0 Å². The number of rotatable bonds is 8. The Kier molecular flexibility index (Phi) is 6.88.